The Labute approximate surface area is 182 Å². The molecule has 0 spiro atoms. The van der Waals surface area contributed by atoms with E-state index in [9.17, 15) is 9.59 Å². The summed E-state index contributed by atoms with van der Waals surface area (Å²) in [4.78, 5) is 26.1. The highest BCUT2D eigenvalue weighted by molar-refractivity contribution is 5.98. The van der Waals surface area contributed by atoms with Gasteiger partial charge in [0.15, 0.2) is 12.6 Å². The smallest absolute Gasteiger partial charge is 0.282 e. The van der Waals surface area contributed by atoms with Crippen LogP contribution in [0.2, 0.25) is 0 Å². The van der Waals surface area contributed by atoms with Crippen LogP contribution in [0.25, 0.3) is 11.1 Å². The van der Waals surface area contributed by atoms with Gasteiger partial charge in [-0.15, -0.1) is 0 Å². The van der Waals surface area contributed by atoms with Crippen LogP contribution in [0.15, 0.2) is 78.9 Å². The second-order valence-corrected chi connectivity index (χ2v) is 7.43. The molecular weight excluding hydrogens is 390 g/mol. The Morgan fingerprint density at radius 3 is 2.39 bits per heavy atom. The summed E-state index contributed by atoms with van der Waals surface area (Å²) in [6.07, 6.45) is 0. The molecule has 3 aromatic rings. The molecule has 0 heterocycles. The quantitative estimate of drug-likeness (QED) is 0.527. The lowest BCUT2D eigenvalue weighted by Crippen LogP contribution is -3.14. The van der Waals surface area contributed by atoms with Crippen molar-refractivity contribution in [2.45, 2.75) is 13.0 Å². The standard InChI is InChI=1S/C25H27N3O3/c1-18(28(2)17-24(29)26-20-12-9-13-21(16-20)31-3)25(30)27-23-15-8-7-14-22(23)19-10-5-4-6-11-19/h4-16,18H,17H2,1-3H3,(H,26,29)(H,27,30)/p+1/t18-/m1/s1. The van der Waals surface area contributed by atoms with Crippen LogP contribution < -0.4 is 20.3 Å². The lowest BCUT2D eigenvalue weighted by Gasteiger charge is -2.21. The normalized spacial score (nSPS) is 12.5. The lowest BCUT2D eigenvalue weighted by atomic mass is 10.0. The zero-order chi connectivity index (χ0) is 22.2. The minimum absolute atomic E-state index is 0.143. The molecule has 0 aliphatic heterocycles. The first kappa shape index (κ1) is 22.1. The SMILES string of the molecule is COc1cccc(NC(=O)C[NH+](C)[C@H](C)C(=O)Nc2ccccc2-c2ccccc2)c1. The van der Waals surface area contributed by atoms with Gasteiger partial charge in [-0.2, -0.15) is 0 Å². The number of carbonyl (C=O) groups excluding carboxylic acids is 2. The topological polar surface area (TPSA) is 71.9 Å². The number of quaternary nitrogens is 1. The van der Waals surface area contributed by atoms with Gasteiger partial charge in [-0.1, -0.05) is 54.6 Å². The molecule has 6 nitrogen and oxygen atoms in total. The van der Waals surface area contributed by atoms with Crippen molar-refractivity contribution >= 4 is 23.2 Å². The number of benzene rings is 3. The van der Waals surface area contributed by atoms with Crippen LogP contribution in [0.5, 0.6) is 5.75 Å². The van der Waals surface area contributed by atoms with Crippen LogP contribution in [-0.4, -0.2) is 38.6 Å². The molecule has 0 saturated heterocycles. The molecule has 3 aromatic carbocycles. The zero-order valence-corrected chi connectivity index (χ0v) is 18.0. The lowest BCUT2D eigenvalue weighted by molar-refractivity contribution is -0.885. The number of hydrogen-bond acceptors (Lipinski definition) is 3. The first-order valence-electron chi connectivity index (χ1n) is 10.2. The van der Waals surface area contributed by atoms with Crippen molar-refractivity contribution < 1.29 is 19.2 Å². The van der Waals surface area contributed by atoms with E-state index in [4.69, 9.17) is 4.74 Å². The fourth-order valence-corrected chi connectivity index (χ4v) is 3.24. The minimum Gasteiger partial charge on any atom is -0.497 e. The molecule has 0 fully saturated rings. The number of amides is 2. The first-order chi connectivity index (χ1) is 15.0. The first-order valence-corrected chi connectivity index (χ1v) is 10.2. The molecular formula is C25H28N3O3+. The number of hydrogen-bond donors (Lipinski definition) is 3. The molecule has 0 bridgehead atoms. The zero-order valence-electron chi connectivity index (χ0n) is 18.0. The number of rotatable bonds is 8. The van der Waals surface area contributed by atoms with Crippen LogP contribution in [0.1, 0.15) is 6.92 Å². The Kier molecular flexibility index (Phi) is 7.40. The third-order valence-corrected chi connectivity index (χ3v) is 5.20. The fraction of sp³-hybridized carbons (Fsp3) is 0.200. The highest BCUT2D eigenvalue weighted by atomic mass is 16.5. The van der Waals surface area contributed by atoms with E-state index in [0.717, 1.165) is 21.7 Å². The summed E-state index contributed by atoms with van der Waals surface area (Å²) < 4.78 is 5.18. The van der Waals surface area contributed by atoms with Gasteiger partial charge in [-0.05, 0) is 30.7 Å². The third-order valence-electron chi connectivity index (χ3n) is 5.20. The third kappa shape index (κ3) is 5.93. The average Bonchev–Trinajstić information content (AvgIpc) is 2.79. The van der Waals surface area contributed by atoms with Gasteiger partial charge in [-0.3, -0.25) is 9.59 Å². The van der Waals surface area contributed by atoms with Crippen LogP contribution >= 0.6 is 0 Å². The van der Waals surface area contributed by atoms with E-state index in [-0.39, 0.29) is 18.4 Å². The van der Waals surface area contributed by atoms with E-state index in [0.29, 0.717) is 11.4 Å². The minimum atomic E-state index is -0.417. The van der Waals surface area contributed by atoms with Gasteiger partial charge in [0.2, 0.25) is 0 Å². The number of carbonyl (C=O) groups is 2. The Morgan fingerprint density at radius 1 is 0.935 bits per heavy atom. The van der Waals surface area contributed by atoms with Crippen molar-refractivity contribution in [2.24, 2.45) is 0 Å². The molecule has 0 radical (unpaired) electrons. The summed E-state index contributed by atoms with van der Waals surface area (Å²) in [5.74, 6) is 0.355. The maximum absolute atomic E-state index is 12.9. The Bertz CT molecular complexity index is 1040. The largest absolute Gasteiger partial charge is 0.497 e. The van der Waals surface area contributed by atoms with Gasteiger partial charge in [0.25, 0.3) is 11.8 Å². The molecule has 2 amide bonds. The molecule has 0 saturated carbocycles. The second kappa shape index (κ2) is 10.4. The summed E-state index contributed by atoms with van der Waals surface area (Å²) in [5.41, 5.74) is 3.40. The van der Waals surface area contributed by atoms with Crippen LogP contribution in [0.3, 0.4) is 0 Å². The fourth-order valence-electron chi connectivity index (χ4n) is 3.24. The molecule has 31 heavy (non-hydrogen) atoms. The van der Waals surface area contributed by atoms with Crippen molar-refractivity contribution in [3.05, 3.63) is 78.9 Å². The van der Waals surface area contributed by atoms with Crippen molar-refractivity contribution in [1.82, 2.24) is 0 Å². The molecule has 3 rings (SSSR count). The van der Waals surface area contributed by atoms with Gasteiger partial charge in [-0.25, -0.2) is 0 Å². The van der Waals surface area contributed by atoms with E-state index >= 15 is 0 Å². The average molecular weight is 419 g/mol. The van der Waals surface area contributed by atoms with Crippen molar-refractivity contribution in [1.29, 1.82) is 0 Å². The second-order valence-electron chi connectivity index (χ2n) is 7.43. The number of anilines is 2. The van der Waals surface area contributed by atoms with Crippen molar-refractivity contribution in [3.8, 4) is 16.9 Å². The van der Waals surface area contributed by atoms with Crippen molar-refractivity contribution in [2.75, 3.05) is 31.3 Å². The predicted octanol–water partition coefficient (Wildman–Crippen LogP) is 2.84. The van der Waals surface area contributed by atoms with Crippen LogP contribution in [0.4, 0.5) is 11.4 Å². The molecule has 160 valence electrons. The number of para-hydroxylation sites is 1. The van der Waals surface area contributed by atoms with E-state index in [1.807, 2.05) is 80.7 Å². The van der Waals surface area contributed by atoms with E-state index < -0.39 is 6.04 Å². The van der Waals surface area contributed by atoms with E-state index in [1.54, 1.807) is 19.2 Å². The molecule has 2 atom stereocenters. The van der Waals surface area contributed by atoms with Crippen LogP contribution in [-0.2, 0) is 9.59 Å². The number of ether oxygens (including phenoxy) is 1. The van der Waals surface area contributed by atoms with Crippen molar-refractivity contribution in [3.63, 3.8) is 0 Å². The number of nitrogens with one attached hydrogen (secondary N) is 3. The highest BCUT2D eigenvalue weighted by Crippen LogP contribution is 2.27. The highest BCUT2D eigenvalue weighted by Gasteiger charge is 2.24. The van der Waals surface area contributed by atoms with E-state index in [2.05, 4.69) is 10.6 Å². The van der Waals surface area contributed by atoms with Gasteiger partial charge < -0.3 is 20.3 Å². The number of likely N-dealkylation sites (N-methyl/N-ethyl adjacent to an activating group) is 1. The molecule has 1 unspecified atom stereocenters. The molecule has 0 aliphatic carbocycles. The van der Waals surface area contributed by atoms with E-state index in [1.165, 1.54) is 0 Å². The monoisotopic (exact) mass is 418 g/mol. The van der Waals surface area contributed by atoms with Gasteiger partial charge in [0.05, 0.1) is 14.2 Å². The summed E-state index contributed by atoms with van der Waals surface area (Å²) in [7, 11) is 3.41. The predicted molar refractivity (Wildman–Crippen MR) is 123 cm³/mol. The van der Waals surface area contributed by atoms with Gasteiger partial charge in [0, 0.05) is 23.0 Å². The van der Waals surface area contributed by atoms with Gasteiger partial charge >= 0.3 is 0 Å². The maximum Gasteiger partial charge on any atom is 0.282 e. The summed E-state index contributed by atoms with van der Waals surface area (Å²) in [6.45, 7) is 1.97. The molecule has 0 aromatic heterocycles. The summed E-state index contributed by atoms with van der Waals surface area (Å²) >= 11 is 0. The molecule has 3 N–H and O–H groups in total. The summed E-state index contributed by atoms with van der Waals surface area (Å²) in [5, 5.41) is 5.87. The Hall–Kier alpha value is -3.64. The molecule has 0 aliphatic rings. The maximum atomic E-state index is 12.9. The Balaban J connectivity index is 1.62. The van der Waals surface area contributed by atoms with Gasteiger partial charge in [0.1, 0.15) is 5.75 Å². The summed E-state index contributed by atoms with van der Waals surface area (Å²) in [6, 6.07) is 24.4. The molecule has 6 heteroatoms. The Morgan fingerprint density at radius 2 is 1.65 bits per heavy atom. The number of methoxy groups -OCH3 is 1. The van der Waals surface area contributed by atoms with Crippen LogP contribution in [0, 0.1) is 0 Å².